The Hall–Kier alpha value is -0.500. The third-order valence-corrected chi connectivity index (χ3v) is 2.07. The Morgan fingerprint density at radius 2 is 1.05 bits per heavy atom. The zero-order valence-corrected chi connectivity index (χ0v) is 12.9. The van der Waals surface area contributed by atoms with Crippen LogP contribution in [0.1, 0.15) is 32.6 Å². The lowest BCUT2D eigenvalue weighted by Crippen LogP contribution is -2.22. The highest BCUT2D eigenvalue weighted by molar-refractivity contribution is 4.53. The fourth-order valence-electron chi connectivity index (χ4n) is 1.20. The molecule has 120 valence electrons. The van der Waals surface area contributed by atoms with E-state index in [4.69, 9.17) is 11.5 Å². The van der Waals surface area contributed by atoms with Crippen molar-refractivity contribution in [3.63, 3.8) is 0 Å². The smallest absolute Gasteiger partial charge is 0.00369 e. The van der Waals surface area contributed by atoms with E-state index < -0.39 is 0 Å². The quantitative estimate of drug-likeness (QED) is 0.247. The molecule has 0 aliphatic heterocycles. The summed E-state index contributed by atoms with van der Waals surface area (Å²) >= 11 is 0. The van der Waals surface area contributed by atoms with Gasteiger partial charge in [-0.2, -0.15) is 0 Å². The maximum absolute atomic E-state index is 5.38. The van der Waals surface area contributed by atoms with Gasteiger partial charge in [-0.05, 0) is 71.9 Å². The van der Waals surface area contributed by atoms with Gasteiger partial charge in [0, 0.05) is 0 Å². The van der Waals surface area contributed by atoms with Crippen LogP contribution < -0.4 is 34.4 Å². The van der Waals surface area contributed by atoms with E-state index in [0.717, 1.165) is 52.1 Å². The third-order valence-electron chi connectivity index (χ3n) is 2.07. The van der Waals surface area contributed by atoms with E-state index in [2.05, 4.69) is 17.2 Å². The number of unbranched alkanes of at least 4 members (excludes halogenated alkanes) is 1. The molecular formula is C13H38N6. The molecule has 6 heteroatoms. The van der Waals surface area contributed by atoms with E-state index in [1.165, 1.54) is 12.8 Å². The van der Waals surface area contributed by atoms with Gasteiger partial charge in [0.25, 0.3) is 0 Å². The molecule has 6 nitrogen and oxygen atoms in total. The molecule has 0 aliphatic rings. The third kappa shape index (κ3) is 38.1. The molecule has 0 spiro atoms. The fourth-order valence-corrected chi connectivity index (χ4v) is 1.20. The SMILES string of the molecule is C=CC.N.N.NCCCNCCCCNCCCN. The summed E-state index contributed by atoms with van der Waals surface area (Å²) in [7, 11) is 0. The first-order valence-electron chi connectivity index (χ1n) is 6.72. The van der Waals surface area contributed by atoms with Gasteiger partial charge in [-0.1, -0.05) is 6.08 Å². The van der Waals surface area contributed by atoms with Gasteiger partial charge < -0.3 is 34.4 Å². The summed E-state index contributed by atoms with van der Waals surface area (Å²) in [5.41, 5.74) is 10.8. The van der Waals surface area contributed by atoms with Crippen LogP contribution in [0.15, 0.2) is 12.7 Å². The van der Waals surface area contributed by atoms with Crippen LogP contribution in [0, 0.1) is 0 Å². The number of rotatable bonds is 11. The Morgan fingerprint density at radius 3 is 1.32 bits per heavy atom. The van der Waals surface area contributed by atoms with Crippen LogP contribution in [-0.2, 0) is 0 Å². The molecular weight excluding hydrogens is 240 g/mol. The Morgan fingerprint density at radius 1 is 0.789 bits per heavy atom. The number of nitrogens with two attached hydrogens (primary N) is 2. The van der Waals surface area contributed by atoms with Crippen molar-refractivity contribution >= 4 is 0 Å². The molecule has 0 atom stereocenters. The molecule has 0 aliphatic carbocycles. The molecule has 0 fully saturated rings. The van der Waals surface area contributed by atoms with Crippen LogP contribution in [0.3, 0.4) is 0 Å². The molecule has 12 N–H and O–H groups in total. The average molecular weight is 278 g/mol. The molecule has 0 aromatic heterocycles. The largest absolute Gasteiger partial charge is 0.344 e. The van der Waals surface area contributed by atoms with Gasteiger partial charge >= 0.3 is 0 Å². The average Bonchev–Trinajstić information content (AvgIpc) is 2.33. The second-order valence-corrected chi connectivity index (χ2v) is 3.90. The van der Waals surface area contributed by atoms with Crippen molar-refractivity contribution in [3.8, 4) is 0 Å². The summed E-state index contributed by atoms with van der Waals surface area (Å²) in [5, 5.41) is 6.72. The van der Waals surface area contributed by atoms with Crippen molar-refractivity contribution in [3.05, 3.63) is 12.7 Å². The molecule has 0 bridgehead atoms. The summed E-state index contributed by atoms with van der Waals surface area (Å²) in [6.07, 6.45) is 6.38. The van der Waals surface area contributed by atoms with Crippen LogP contribution in [-0.4, -0.2) is 39.3 Å². The molecule has 0 rings (SSSR count). The second-order valence-electron chi connectivity index (χ2n) is 3.90. The van der Waals surface area contributed by atoms with E-state index in [1.54, 1.807) is 6.08 Å². The molecule has 0 saturated carbocycles. The molecule has 19 heavy (non-hydrogen) atoms. The number of hydrogen-bond acceptors (Lipinski definition) is 6. The van der Waals surface area contributed by atoms with Gasteiger partial charge in [0.2, 0.25) is 0 Å². The summed E-state index contributed by atoms with van der Waals surface area (Å²) in [4.78, 5) is 0. The molecule has 0 unspecified atom stereocenters. The first-order chi connectivity index (χ1) is 8.33. The lowest BCUT2D eigenvalue weighted by molar-refractivity contribution is 0.570. The Balaban J connectivity index is -0.000000204. The van der Waals surface area contributed by atoms with Crippen molar-refractivity contribution in [1.29, 1.82) is 0 Å². The van der Waals surface area contributed by atoms with Crippen molar-refractivity contribution in [2.45, 2.75) is 32.6 Å². The maximum Gasteiger partial charge on any atom is -0.00369 e. The zero-order chi connectivity index (χ0) is 13.2. The summed E-state index contributed by atoms with van der Waals surface area (Å²) in [6, 6.07) is 0. The van der Waals surface area contributed by atoms with Crippen molar-refractivity contribution in [1.82, 2.24) is 22.9 Å². The lowest BCUT2D eigenvalue weighted by atomic mass is 10.3. The van der Waals surface area contributed by atoms with E-state index >= 15 is 0 Å². The zero-order valence-electron chi connectivity index (χ0n) is 12.9. The van der Waals surface area contributed by atoms with Crippen LogP contribution >= 0.6 is 0 Å². The standard InChI is InChI=1S/C10H26N4.C3H6.2H3N/c11-5-3-9-13-7-1-2-8-14-10-4-6-12;1-3-2;;/h13-14H,1-12H2;3H,1H2,2H3;2*1H3. The first-order valence-corrected chi connectivity index (χ1v) is 6.72. The highest BCUT2D eigenvalue weighted by Gasteiger charge is 1.89. The molecule has 0 heterocycles. The summed E-state index contributed by atoms with van der Waals surface area (Å²) < 4.78 is 0. The van der Waals surface area contributed by atoms with E-state index in [-0.39, 0.29) is 12.3 Å². The molecule has 0 aromatic carbocycles. The predicted molar refractivity (Wildman–Crippen MR) is 88.2 cm³/mol. The Kier molecular flexibility index (Phi) is 43.2. The van der Waals surface area contributed by atoms with Gasteiger partial charge in [-0.25, -0.2) is 0 Å². The summed E-state index contributed by atoms with van der Waals surface area (Å²) in [5.74, 6) is 0. The monoisotopic (exact) mass is 278 g/mol. The van der Waals surface area contributed by atoms with Gasteiger partial charge in [0.1, 0.15) is 0 Å². The van der Waals surface area contributed by atoms with E-state index in [9.17, 15) is 0 Å². The minimum absolute atomic E-state index is 0. The normalized spacial score (nSPS) is 8.58. The van der Waals surface area contributed by atoms with Gasteiger partial charge in [0.15, 0.2) is 0 Å². The van der Waals surface area contributed by atoms with Crippen molar-refractivity contribution in [2.75, 3.05) is 39.3 Å². The number of nitrogens with one attached hydrogen (secondary N) is 2. The van der Waals surface area contributed by atoms with Crippen molar-refractivity contribution < 1.29 is 0 Å². The van der Waals surface area contributed by atoms with Gasteiger partial charge in [-0.15, -0.1) is 6.58 Å². The van der Waals surface area contributed by atoms with E-state index in [0.29, 0.717) is 0 Å². The highest BCUT2D eigenvalue weighted by atomic mass is 14.9. The van der Waals surface area contributed by atoms with Crippen LogP contribution in [0.25, 0.3) is 0 Å². The number of hydrogen-bond donors (Lipinski definition) is 6. The topological polar surface area (TPSA) is 146 Å². The minimum atomic E-state index is 0. The van der Waals surface area contributed by atoms with Crippen LogP contribution in [0.4, 0.5) is 0 Å². The second kappa shape index (κ2) is 30.5. The fraction of sp³-hybridized carbons (Fsp3) is 0.846. The Bertz CT molecular complexity index is 120. The van der Waals surface area contributed by atoms with E-state index in [1.807, 2.05) is 6.92 Å². The van der Waals surface area contributed by atoms with Gasteiger partial charge in [0.05, 0.1) is 0 Å². The molecule has 0 amide bonds. The van der Waals surface area contributed by atoms with Crippen LogP contribution in [0.5, 0.6) is 0 Å². The molecule has 0 aromatic rings. The predicted octanol–water partition coefficient (Wildman–Crippen LogP) is 1.16. The molecule has 0 radical (unpaired) electrons. The van der Waals surface area contributed by atoms with Crippen molar-refractivity contribution in [2.24, 2.45) is 11.5 Å². The highest BCUT2D eigenvalue weighted by Crippen LogP contribution is 1.84. The Labute approximate surface area is 119 Å². The minimum Gasteiger partial charge on any atom is -0.344 e. The van der Waals surface area contributed by atoms with Gasteiger partial charge in [-0.3, -0.25) is 0 Å². The molecule has 0 saturated heterocycles. The first kappa shape index (κ1) is 26.9. The summed E-state index contributed by atoms with van der Waals surface area (Å²) in [6.45, 7) is 11.1. The maximum atomic E-state index is 5.38. The number of allylic oxidation sites excluding steroid dienone is 1. The van der Waals surface area contributed by atoms with Crippen LogP contribution in [0.2, 0.25) is 0 Å². The lowest BCUT2D eigenvalue weighted by Gasteiger charge is -2.04.